The Hall–Kier alpha value is -3.60. The summed E-state index contributed by atoms with van der Waals surface area (Å²) in [7, 11) is 0. The first kappa shape index (κ1) is 21.1. The van der Waals surface area contributed by atoms with Crippen molar-refractivity contribution < 1.29 is 19.4 Å². The van der Waals surface area contributed by atoms with Crippen LogP contribution in [0, 0.1) is 0 Å². The number of amides is 1. The minimum Gasteiger partial charge on any atom is -0.489 e. The quantitative estimate of drug-likeness (QED) is 0.536. The van der Waals surface area contributed by atoms with Gasteiger partial charge in [0.1, 0.15) is 18.4 Å². The number of aliphatic carboxylic acids is 1. The van der Waals surface area contributed by atoms with Gasteiger partial charge in [-0.2, -0.15) is 0 Å². The van der Waals surface area contributed by atoms with Crippen molar-refractivity contribution >= 4 is 11.9 Å². The second-order valence-electron chi connectivity index (χ2n) is 7.07. The Labute approximate surface area is 176 Å². The van der Waals surface area contributed by atoms with Gasteiger partial charge in [-0.05, 0) is 35.2 Å². The Bertz CT molecular complexity index is 940. The third-order valence-corrected chi connectivity index (χ3v) is 4.73. The van der Waals surface area contributed by atoms with E-state index in [4.69, 9.17) is 4.74 Å². The van der Waals surface area contributed by atoms with Crippen LogP contribution in [0.3, 0.4) is 0 Å². The number of hydrogen-bond donors (Lipinski definition) is 2. The minimum atomic E-state index is -1.05. The number of hydrogen-bond acceptors (Lipinski definition) is 3. The van der Waals surface area contributed by atoms with E-state index in [9.17, 15) is 14.7 Å². The summed E-state index contributed by atoms with van der Waals surface area (Å²) in [5.74, 6) is -0.608. The average Bonchev–Trinajstić information content (AvgIpc) is 2.78. The number of carboxylic acid groups (broad SMARTS) is 1. The van der Waals surface area contributed by atoms with Crippen molar-refractivity contribution in [2.75, 3.05) is 0 Å². The largest absolute Gasteiger partial charge is 0.489 e. The van der Waals surface area contributed by atoms with Gasteiger partial charge in [-0.3, -0.25) is 4.79 Å². The van der Waals surface area contributed by atoms with Crippen molar-refractivity contribution in [3.8, 4) is 5.75 Å². The lowest BCUT2D eigenvalue weighted by molar-refractivity contribution is -0.141. The van der Waals surface area contributed by atoms with E-state index in [0.717, 1.165) is 16.7 Å². The van der Waals surface area contributed by atoms with E-state index in [2.05, 4.69) is 5.32 Å². The van der Waals surface area contributed by atoms with Crippen LogP contribution in [0.15, 0.2) is 84.9 Å². The van der Waals surface area contributed by atoms with Crippen LogP contribution in [0.25, 0.3) is 0 Å². The molecule has 5 heteroatoms. The summed E-state index contributed by atoms with van der Waals surface area (Å²) in [5.41, 5.74) is 2.94. The molecular weight excluding hydrogens is 378 g/mol. The zero-order valence-corrected chi connectivity index (χ0v) is 16.7. The number of nitrogens with one attached hydrogen (secondary N) is 1. The maximum Gasteiger partial charge on any atom is 0.326 e. The van der Waals surface area contributed by atoms with Gasteiger partial charge in [0.25, 0.3) is 0 Å². The molecule has 0 unspecified atom stereocenters. The van der Waals surface area contributed by atoms with Crippen LogP contribution in [0.5, 0.6) is 5.75 Å². The number of carbonyl (C=O) groups excluding carboxylic acids is 1. The molecule has 3 aromatic carbocycles. The van der Waals surface area contributed by atoms with Gasteiger partial charge >= 0.3 is 5.97 Å². The van der Waals surface area contributed by atoms with Gasteiger partial charge in [-0.25, -0.2) is 4.79 Å². The first-order chi connectivity index (χ1) is 14.6. The summed E-state index contributed by atoms with van der Waals surface area (Å²) in [6.07, 6.45) is 1.04. The minimum absolute atomic E-state index is 0.214. The molecule has 2 N–H and O–H groups in total. The summed E-state index contributed by atoms with van der Waals surface area (Å²) >= 11 is 0. The third kappa shape index (κ3) is 6.78. The molecule has 5 nitrogen and oxygen atoms in total. The van der Waals surface area contributed by atoms with Gasteiger partial charge in [0.2, 0.25) is 5.91 Å². The van der Waals surface area contributed by atoms with Crippen LogP contribution < -0.4 is 10.1 Å². The van der Waals surface area contributed by atoms with E-state index >= 15 is 0 Å². The smallest absolute Gasteiger partial charge is 0.326 e. The molecule has 0 aliphatic rings. The van der Waals surface area contributed by atoms with Crippen LogP contribution in [0.2, 0.25) is 0 Å². The molecule has 0 bridgehead atoms. The number of carbonyl (C=O) groups is 2. The topological polar surface area (TPSA) is 75.6 Å². The zero-order chi connectivity index (χ0) is 21.2. The summed E-state index contributed by atoms with van der Waals surface area (Å²) in [5, 5.41) is 12.1. The van der Waals surface area contributed by atoms with Gasteiger partial charge < -0.3 is 15.2 Å². The Morgan fingerprint density at radius 1 is 0.800 bits per heavy atom. The van der Waals surface area contributed by atoms with Crippen LogP contribution in [-0.4, -0.2) is 23.0 Å². The Balaban J connectivity index is 1.50. The first-order valence-electron chi connectivity index (χ1n) is 9.92. The lowest BCUT2D eigenvalue weighted by Gasteiger charge is -2.15. The molecule has 0 aliphatic heterocycles. The lowest BCUT2D eigenvalue weighted by atomic mass is 10.0. The summed E-state index contributed by atoms with van der Waals surface area (Å²) in [6, 6.07) is 25.8. The SMILES string of the molecule is O=C(CCc1ccccc1)N[C@H](Cc1ccc(OCc2ccccc2)cc1)C(=O)O. The normalized spacial score (nSPS) is 11.5. The molecule has 0 aromatic heterocycles. The van der Waals surface area contributed by atoms with E-state index in [1.807, 2.05) is 84.9 Å². The average molecular weight is 403 g/mol. The highest BCUT2D eigenvalue weighted by Crippen LogP contribution is 2.15. The second kappa shape index (κ2) is 10.8. The number of ether oxygens (including phenoxy) is 1. The van der Waals surface area contributed by atoms with E-state index in [0.29, 0.717) is 18.8 Å². The molecule has 0 heterocycles. The predicted octanol–water partition coefficient (Wildman–Crippen LogP) is 4.01. The fourth-order valence-electron chi connectivity index (χ4n) is 3.07. The summed E-state index contributed by atoms with van der Waals surface area (Å²) in [6.45, 7) is 0.468. The van der Waals surface area contributed by atoms with Gasteiger partial charge in [-0.1, -0.05) is 72.8 Å². The Kier molecular flexibility index (Phi) is 7.61. The van der Waals surface area contributed by atoms with Gasteiger partial charge in [-0.15, -0.1) is 0 Å². The number of aryl methyl sites for hydroxylation is 1. The molecule has 30 heavy (non-hydrogen) atoms. The number of benzene rings is 3. The standard InChI is InChI=1S/C25H25NO4/c27-24(16-13-19-7-3-1-4-8-19)26-23(25(28)29)17-20-11-14-22(15-12-20)30-18-21-9-5-2-6-10-21/h1-12,14-15,23H,13,16-18H2,(H,26,27)(H,28,29)/t23-/m1/s1. The number of carboxylic acids is 1. The summed E-state index contributed by atoms with van der Waals surface area (Å²) < 4.78 is 5.75. The highest BCUT2D eigenvalue weighted by atomic mass is 16.5. The maximum absolute atomic E-state index is 12.2. The molecule has 154 valence electrons. The van der Waals surface area contributed by atoms with Crippen LogP contribution >= 0.6 is 0 Å². The monoisotopic (exact) mass is 403 g/mol. The fraction of sp³-hybridized carbons (Fsp3) is 0.200. The van der Waals surface area contributed by atoms with E-state index in [1.54, 1.807) is 0 Å². The van der Waals surface area contributed by atoms with Crippen molar-refractivity contribution in [1.29, 1.82) is 0 Å². The predicted molar refractivity (Wildman–Crippen MR) is 115 cm³/mol. The van der Waals surface area contributed by atoms with Crippen LogP contribution in [-0.2, 0) is 29.0 Å². The van der Waals surface area contributed by atoms with Crippen molar-refractivity contribution in [1.82, 2.24) is 5.32 Å². The van der Waals surface area contributed by atoms with Crippen molar-refractivity contribution in [2.45, 2.75) is 31.9 Å². The van der Waals surface area contributed by atoms with Gasteiger partial charge in [0.05, 0.1) is 0 Å². The molecule has 3 rings (SSSR count). The molecule has 0 radical (unpaired) electrons. The lowest BCUT2D eigenvalue weighted by Crippen LogP contribution is -2.42. The highest BCUT2D eigenvalue weighted by molar-refractivity contribution is 5.83. The molecule has 0 fully saturated rings. The zero-order valence-electron chi connectivity index (χ0n) is 16.7. The maximum atomic E-state index is 12.2. The van der Waals surface area contributed by atoms with E-state index < -0.39 is 12.0 Å². The first-order valence-corrected chi connectivity index (χ1v) is 9.92. The van der Waals surface area contributed by atoms with Crippen molar-refractivity contribution in [3.63, 3.8) is 0 Å². The Morgan fingerprint density at radius 2 is 1.40 bits per heavy atom. The summed E-state index contributed by atoms with van der Waals surface area (Å²) in [4.78, 5) is 23.8. The van der Waals surface area contributed by atoms with Crippen molar-refractivity contribution in [3.05, 3.63) is 102 Å². The van der Waals surface area contributed by atoms with Crippen LogP contribution in [0.1, 0.15) is 23.1 Å². The second-order valence-corrected chi connectivity index (χ2v) is 7.07. The van der Waals surface area contributed by atoms with E-state index in [-0.39, 0.29) is 18.7 Å². The highest BCUT2D eigenvalue weighted by Gasteiger charge is 2.20. The Morgan fingerprint density at radius 3 is 2.00 bits per heavy atom. The fourth-order valence-corrected chi connectivity index (χ4v) is 3.07. The van der Waals surface area contributed by atoms with Crippen LogP contribution in [0.4, 0.5) is 0 Å². The van der Waals surface area contributed by atoms with Gasteiger partial charge in [0, 0.05) is 12.8 Å². The van der Waals surface area contributed by atoms with Gasteiger partial charge in [0.15, 0.2) is 0 Å². The molecule has 0 saturated carbocycles. The molecule has 1 amide bonds. The third-order valence-electron chi connectivity index (χ3n) is 4.73. The molecular formula is C25H25NO4. The molecule has 0 aliphatic carbocycles. The molecule has 1 atom stereocenters. The molecule has 0 saturated heterocycles. The molecule has 3 aromatic rings. The molecule has 0 spiro atoms. The van der Waals surface area contributed by atoms with Crippen molar-refractivity contribution in [2.24, 2.45) is 0 Å². The van der Waals surface area contributed by atoms with E-state index in [1.165, 1.54) is 0 Å². The number of rotatable bonds is 10.